The van der Waals surface area contributed by atoms with Crippen LogP contribution in [0.1, 0.15) is 18.1 Å². The van der Waals surface area contributed by atoms with E-state index in [-0.39, 0.29) is 23.7 Å². The van der Waals surface area contributed by atoms with Crippen LogP contribution in [0.4, 0.5) is 14.9 Å². The number of hydrogen-bond acceptors (Lipinski definition) is 5. The van der Waals surface area contributed by atoms with Gasteiger partial charge in [0.1, 0.15) is 29.5 Å². The van der Waals surface area contributed by atoms with E-state index in [1.54, 1.807) is 54.6 Å². The molecule has 0 atom stereocenters. The van der Waals surface area contributed by atoms with Gasteiger partial charge in [0.2, 0.25) is 0 Å². The number of halogens is 2. The molecule has 0 bridgehead atoms. The van der Waals surface area contributed by atoms with Crippen LogP contribution in [0.25, 0.3) is 6.08 Å². The lowest BCUT2D eigenvalue weighted by molar-refractivity contribution is -0.122. The Hall–Kier alpha value is -3.98. The molecular formula is C26H20BrFN2O5. The van der Waals surface area contributed by atoms with E-state index in [9.17, 15) is 18.8 Å². The van der Waals surface area contributed by atoms with E-state index >= 15 is 0 Å². The van der Waals surface area contributed by atoms with Gasteiger partial charge in [-0.3, -0.25) is 14.9 Å². The first-order valence-electron chi connectivity index (χ1n) is 10.7. The molecule has 7 nitrogen and oxygen atoms in total. The number of carbonyl (C=O) groups excluding carboxylic acids is 3. The van der Waals surface area contributed by atoms with Gasteiger partial charge in [-0.05, 0) is 73.2 Å². The van der Waals surface area contributed by atoms with Gasteiger partial charge in [0.05, 0.1) is 12.3 Å². The Labute approximate surface area is 209 Å². The van der Waals surface area contributed by atoms with Gasteiger partial charge in [-0.2, -0.15) is 0 Å². The van der Waals surface area contributed by atoms with Gasteiger partial charge in [0.25, 0.3) is 11.8 Å². The number of amides is 4. The maximum atomic E-state index is 13.2. The summed E-state index contributed by atoms with van der Waals surface area (Å²) in [5.74, 6) is -0.949. The predicted octanol–water partition coefficient (Wildman–Crippen LogP) is 5.23. The van der Waals surface area contributed by atoms with Crippen molar-refractivity contribution >= 4 is 45.5 Å². The molecule has 9 heteroatoms. The number of nitrogens with zero attached hydrogens (tertiary/aromatic N) is 1. The number of nitrogens with one attached hydrogen (secondary N) is 1. The average Bonchev–Trinajstić information content (AvgIpc) is 2.83. The first-order valence-corrected chi connectivity index (χ1v) is 11.5. The fourth-order valence-electron chi connectivity index (χ4n) is 3.41. The van der Waals surface area contributed by atoms with Crippen LogP contribution in [0, 0.1) is 5.82 Å². The third kappa shape index (κ3) is 5.58. The minimum absolute atomic E-state index is 0.148. The number of urea groups is 1. The Morgan fingerprint density at radius 1 is 0.971 bits per heavy atom. The molecule has 3 aromatic carbocycles. The van der Waals surface area contributed by atoms with Crippen molar-refractivity contribution in [2.75, 3.05) is 11.5 Å². The minimum Gasteiger partial charge on any atom is -0.494 e. The van der Waals surface area contributed by atoms with Crippen LogP contribution >= 0.6 is 15.9 Å². The van der Waals surface area contributed by atoms with Gasteiger partial charge >= 0.3 is 6.03 Å². The predicted molar refractivity (Wildman–Crippen MR) is 131 cm³/mol. The maximum Gasteiger partial charge on any atom is 0.335 e. The molecule has 0 saturated carbocycles. The number of ether oxygens (including phenoxy) is 2. The summed E-state index contributed by atoms with van der Waals surface area (Å²) >= 11 is 3.38. The van der Waals surface area contributed by atoms with E-state index < -0.39 is 17.8 Å². The van der Waals surface area contributed by atoms with Gasteiger partial charge in [-0.25, -0.2) is 14.1 Å². The lowest BCUT2D eigenvalue weighted by atomic mass is 10.1. The quantitative estimate of drug-likeness (QED) is 0.328. The molecule has 0 radical (unpaired) electrons. The smallest absolute Gasteiger partial charge is 0.335 e. The fourth-order valence-corrected chi connectivity index (χ4v) is 3.79. The highest BCUT2D eigenvalue weighted by molar-refractivity contribution is 9.10. The van der Waals surface area contributed by atoms with Gasteiger partial charge in [-0.1, -0.05) is 28.1 Å². The summed E-state index contributed by atoms with van der Waals surface area (Å²) < 4.78 is 25.1. The zero-order valence-corrected chi connectivity index (χ0v) is 20.2. The summed E-state index contributed by atoms with van der Waals surface area (Å²) in [6.07, 6.45) is 1.37. The second-order valence-corrected chi connectivity index (χ2v) is 8.40. The fraction of sp³-hybridized carbons (Fsp3) is 0.115. The number of carbonyl (C=O) groups is 3. The summed E-state index contributed by atoms with van der Waals surface area (Å²) in [6.45, 7) is 2.47. The van der Waals surface area contributed by atoms with E-state index in [2.05, 4.69) is 21.2 Å². The first kappa shape index (κ1) is 24.2. The highest BCUT2D eigenvalue weighted by atomic mass is 79.9. The standard InChI is InChI=1S/C26H20BrFN2O5/c1-2-34-21-10-8-20(9-11-21)30-25(32)22(24(31)29-26(30)33)14-17-13-18(27)5-12-23(17)35-15-16-3-6-19(28)7-4-16/h3-14H,2,15H2,1H3,(H,29,31,33)/b22-14+. The zero-order chi connectivity index (χ0) is 24.9. The molecule has 0 spiro atoms. The van der Waals surface area contributed by atoms with Crippen molar-refractivity contribution in [2.45, 2.75) is 13.5 Å². The van der Waals surface area contributed by atoms with Crippen LogP contribution in [0.2, 0.25) is 0 Å². The lowest BCUT2D eigenvalue weighted by Crippen LogP contribution is -2.54. The summed E-state index contributed by atoms with van der Waals surface area (Å²) in [4.78, 5) is 39.2. The monoisotopic (exact) mass is 538 g/mol. The van der Waals surface area contributed by atoms with Gasteiger partial charge in [0, 0.05) is 10.0 Å². The molecule has 1 N–H and O–H groups in total. The SMILES string of the molecule is CCOc1ccc(N2C(=O)NC(=O)/C(=C\c3cc(Br)ccc3OCc3ccc(F)cc3)C2=O)cc1. The molecular weight excluding hydrogens is 519 g/mol. The Morgan fingerprint density at radius 2 is 1.69 bits per heavy atom. The Kier molecular flexibility index (Phi) is 7.26. The molecule has 3 aromatic rings. The Morgan fingerprint density at radius 3 is 2.37 bits per heavy atom. The van der Waals surface area contributed by atoms with E-state index in [1.165, 1.54) is 18.2 Å². The molecule has 4 amide bonds. The molecule has 1 aliphatic rings. The van der Waals surface area contributed by atoms with Crippen molar-refractivity contribution in [3.63, 3.8) is 0 Å². The largest absolute Gasteiger partial charge is 0.494 e. The number of hydrogen-bond donors (Lipinski definition) is 1. The number of benzene rings is 3. The van der Waals surface area contributed by atoms with Crippen LogP contribution < -0.4 is 19.7 Å². The molecule has 0 unspecified atom stereocenters. The molecule has 1 heterocycles. The molecule has 0 aromatic heterocycles. The van der Waals surface area contributed by atoms with Crippen molar-refractivity contribution in [1.82, 2.24) is 5.32 Å². The minimum atomic E-state index is -0.844. The van der Waals surface area contributed by atoms with Crippen LogP contribution in [-0.4, -0.2) is 24.5 Å². The van der Waals surface area contributed by atoms with Crippen LogP contribution in [0.3, 0.4) is 0 Å². The maximum absolute atomic E-state index is 13.2. The highest BCUT2D eigenvalue weighted by Gasteiger charge is 2.37. The molecule has 0 aliphatic carbocycles. The van der Waals surface area contributed by atoms with Gasteiger partial charge in [-0.15, -0.1) is 0 Å². The Bertz CT molecular complexity index is 1310. The first-order chi connectivity index (χ1) is 16.9. The van der Waals surface area contributed by atoms with E-state index in [1.807, 2.05) is 6.92 Å². The number of rotatable bonds is 7. The van der Waals surface area contributed by atoms with Crippen LogP contribution in [0.15, 0.2) is 76.8 Å². The molecule has 4 rings (SSSR count). The topological polar surface area (TPSA) is 84.9 Å². The lowest BCUT2D eigenvalue weighted by Gasteiger charge is -2.26. The van der Waals surface area contributed by atoms with Gasteiger partial charge < -0.3 is 9.47 Å². The molecule has 178 valence electrons. The molecule has 35 heavy (non-hydrogen) atoms. The number of anilines is 1. The van der Waals surface area contributed by atoms with Crippen molar-refractivity contribution in [2.24, 2.45) is 0 Å². The molecule has 1 fully saturated rings. The van der Waals surface area contributed by atoms with Crippen molar-refractivity contribution in [3.8, 4) is 11.5 Å². The van der Waals surface area contributed by atoms with E-state index in [0.717, 1.165) is 10.5 Å². The highest BCUT2D eigenvalue weighted by Crippen LogP contribution is 2.29. The summed E-state index contributed by atoms with van der Waals surface area (Å²) in [5.41, 5.74) is 1.24. The third-order valence-electron chi connectivity index (χ3n) is 5.09. The summed E-state index contributed by atoms with van der Waals surface area (Å²) in [5, 5.41) is 2.21. The summed E-state index contributed by atoms with van der Waals surface area (Å²) in [6, 6.07) is 16.5. The van der Waals surface area contributed by atoms with Crippen molar-refractivity contribution < 1.29 is 28.2 Å². The molecule has 1 aliphatic heterocycles. The van der Waals surface area contributed by atoms with Crippen molar-refractivity contribution in [1.29, 1.82) is 0 Å². The third-order valence-corrected chi connectivity index (χ3v) is 5.58. The second-order valence-electron chi connectivity index (χ2n) is 7.48. The number of imide groups is 2. The second kappa shape index (κ2) is 10.5. The van der Waals surface area contributed by atoms with Gasteiger partial charge in [0.15, 0.2) is 0 Å². The van der Waals surface area contributed by atoms with Crippen LogP contribution in [0.5, 0.6) is 11.5 Å². The average molecular weight is 539 g/mol. The normalized spacial score (nSPS) is 14.8. The van der Waals surface area contributed by atoms with Crippen LogP contribution in [-0.2, 0) is 16.2 Å². The zero-order valence-electron chi connectivity index (χ0n) is 18.6. The number of barbiturate groups is 1. The Balaban J connectivity index is 1.63. The summed E-state index contributed by atoms with van der Waals surface area (Å²) in [7, 11) is 0. The van der Waals surface area contributed by atoms with E-state index in [0.29, 0.717) is 28.1 Å². The van der Waals surface area contributed by atoms with E-state index in [4.69, 9.17) is 9.47 Å². The van der Waals surface area contributed by atoms with Crippen molar-refractivity contribution in [3.05, 3.63) is 93.7 Å². The molecule has 1 saturated heterocycles.